The van der Waals surface area contributed by atoms with Gasteiger partial charge in [0.25, 0.3) is 11.2 Å². The van der Waals surface area contributed by atoms with Crippen LogP contribution in [0.3, 0.4) is 0 Å². The van der Waals surface area contributed by atoms with Crippen molar-refractivity contribution in [3.8, 4) is 0 Å². The second-order valence-electron chi connectivity index (χ2n) is 4.06. The highest BCUT2D eigenvalue weighted by molar-refractivity contribution is 5.80. The number of rotatable bonds is 2. The van der Waals surface area contributed by atoms with E-state index in [0.29, 0.717) is 11.3 Å². The van der Waals surface area contributed by atoms with Crippen LogP contribution < -0.4 is 5.56 Å². The van der Waals surface area contributed by atoms with Gasteiger partial charge < -0.3 is 4.98 Å². The van der Waals surface area contributed by atoms with E-state index in [9.17, 15) is 14.9 Å². The molecule has 88 valence electrons. The molecule has 2 rings (SSSR count). The lowest BCUT2D eigenvalue weighted by Gasteiger charge is -2.05. The average Bonchev–Trinajstić information content (AvgIpc) is 2.28. The Morgan fingerprint density at radius 2 is 2.12 bits per heavy atom. The molecule has 0 fully saturated rings. The summed E-state index contributed by atoms with van der Waals surface area (Å²) in [6.07, 6.45) is 0. The number of nitrogens with one attached hydrogen (secondary N) is 1. The summed E-state index contributed by atoms with van der Waals surface area (Å²) in [6.45, 7) is 3.82. The van der Waals surface area contributed by atoms with E-state index in [-0.39, 0.29) is 22.6 Å². The number of aromatic amines is 1. The number of aromatic nitrogens is 2. The number of nitro groups is 1. The summed E-state index contributed by atoms with van der Waals surface area (Å²) in [7, 11) is 0. The minimum atomic E-state index is -0.533. The first-order valence-corrected chi connectivity index (χ1v) is 5.17. The summed E-state index contributed by atoms with van der Waals surface area (Å²) in [4.78, 5) is 28.7. The predicted molar refractivity (Wildman–Crippen MR) is 63.1 cm³/mol. The monoisotopic (exact) mass is 233 g/mol. The number of hydrogen-bond donors (Lipinski definition) is 1. The maximum Gasteiger partial charge on any atom is 0.270 e. The number of H-pyrrole nitrogens is 1. The quantitative estimate of drug-likeness (QED) is 0.634. The summed E-state index contributed by atoms with van der Waals surface area (Å²) in [5.74, 6) is 0.679. The van der Waals surface area contributed by atoms with Crippen molar-refractivity contribution in [2.75, 3.05) is 0 Å². The Morgan fingerprint density at radius 3 is 2.71 bits per heavy atom. The molecule has 0 unspecified atom stereocenters. The molecule has 0 atom stereocenters. The largest absolute Gasteiger partial charge is 0.310 e. The molecule has 0 bridgehead atoms. The normalized spacial score (nSPS) is 11.0. The molecule has 0 saturated heterocycles. The average molecular weight is 233 g/mol. The maximum atomic E-state index is 11.8. The van der Waals surface area contributed by atoms with Gasteiger partial charge >= 0.3 is 0 Å². The van der Waals surface area contributed by atoms with Gasteiger partial charge in [0, 0.05) is 18.1 Å². The van der Waals surface area contributed by atoms with E-state index in [2.05, 4.69) is 9.97 Å². The van der Waals surface area contributed by atoms with E-state index >= 15 is 0 Å². The zero-order valence-electron chi connectivity index (χ0n) is 9.43. The fourth-order valence-electron chi connectivity index (χ4n) is 1.53. The molecular formula is C11H11N3O3. The number of non-ortho nitro benzene ring substituents is 1. The van der Waals surface area contributed by atoms with Gasteiger partial charge in [0.1, 0.15) is 5.82 Å². The van der Waals surface area contributed by atoms with Crippen molar-refractivity contribution in [2.45, 2.75) is 19.8 Å². The molecule has 0 amide bonds. The summed E-state index contributed by atoms with van der Waals surface area (Å²) in [5, 5.41) is 10.8. The van der Waals surface area contributed by atoms with Crippen molar-refractivity contribution in [1.82, 2.24) is 9.97 Å². The van der Waals surface area contributed by atoms with E-state index in [1.165, 1.54) is 18.2 Å². The summed E-state index contributed by atoms with van der Waals surface area (Å²) in [5.41, 5.74) is 0.0209. The highest BCUT2D eigenvalue weighted by Crippen LogP contribution is 2.17. The predicted octanol–water partition coefficient (Wildman–Crippen LogP) is 1.95. The lowest BCUT2D eigenvalue weighted by Crippen LogP contribution is -2.13. The van der Waals surface area contributed by atoms with Gasteiger partial charge in [-0.25, -0.2) is 4.98 Å². The molecule has 0 aliphatic heterocycles. The fraction of sp³-hybridized carbons (Fsp3) is 0.273. The smallest absolute Gasteiger partial charge is 0.270 e. The summed E-state index contributed by atoms with van der Waals surface area (Å²) in [6, 6.07) is 4.08. The third-order valence-corrected chi connectivity index (χ3v) is 2.46. The molecule has 1 heterocycles. The second-order valence-corrected chi connectivity index (χ2v) is 4.06. The Labute approximate surface area is 96.5 Å². The second kappa shape index (κ2) is 3.97. The summed E-state index contributed by atoms with van der Waals surface area (Å²) < 4.78 is 0. The molecule has 1 aromatic heterocycles. The first-order valence-electron chi connectivity index (χ1n) is 5.17. The SMILES string of the molecule is CC(C)c1nc2ccc([N+](=O)[O-])cc2c(=O)[nH]1. The Hall–Kier alpha value is -2.24. The van der Waals surface area contributed by atoms with Crippen LogP contribution >= 0.6 is 0 Å². The molecule has 0 aliphatic carbocycles. The van der Waals surface area contributed by atoms with Gasteiger partial charge in [0.15, 0.2) is 0 Å². The van der Waals surface area contributed by atoms with E-state index in [1.807, 2.05) is 13.8 Å². The molecule has 6 heteroatoms. The zero-order valence-corrected chi connectivity index (χ0v) is 9.43. The van der Waals surface area contributed by atoms with Gasteiger partial charge in [-0.05, 0) is 6.07 Å². The molecule has 1 N–H and O–H groups in total. The van der Waals surface area contributed by atoms with Gasteiger partial charge in [-0.15, -0.1) is 0 Å². The van der Waals surface area contributed by atoms with Gasteiger partial charge in [-0.2, -0.15) is 0 Å². The van der Waals surface area contributed by atoms with Crippen molar-refractivity contribution in [2.24, 2.45) is 0 Å². The Bertz CT molecular complexity index is 646. The molecule has 2 aromatic rings. The van der Waals surface area contributed by atoms with Gasteiger partial charge in [0.05, 0.1) is 15.8 Å². The maximum absolute atomic E-state index is 11.8. The standard InChI is InChI=1S/C11H11N3O3/c1-6(2)10-12-9-4-3-7(14(16)17)5-8(9)11(15)13-10/h3-6H,1-2H3,(H,12,13,15). The Balaban J connectivity index is 2.73. The number of nitro benzene ring substituents is 1. The topological polar surface area (TPSA) is 88.9 Å². The minimum Gasteiger partial charge on any atom is -0.310 e. The van der Waals surface area contributed by atoms with E-state index in [1.54, 1.807) is 0 Å². The Morgan fingerprint density at radius 1 is 1.41 bits per heavy atom. The van der Waals surface area contributed by atoms with Gasteiger partial charge in [0.2, 0.25) is 0 Å². The molecule has 0 saturated carbocycles. The molecule has 1 aromatic carbocycles. The van der Waals surface area contributed by atoms with Crippen LogP contribution in [0.25, 0.3) is 10.9 Å². The van der Waals surface area contributed by atoms with Crippen LogP contribution in [0.2, 0.25) is 0 Å². The van der Waals surface area contributed by atoms with E-state index < -0.39 is 4.92 Å². The van der Waals surface area contributed by atoms with Crippen LogP contribution in [0.4, 0.5) is 5.69 Å². The first kappa shape index (κ1) is 11.3. The lowest BCUT2D eigenvalue weighted by molar-refractivity contribution is -0.384. The molecule has 17 heavy (non-hydrogen) atoms. The minimum absolute atomic E-state index is 0.0993. The molecule has 6 nitrogen and oxygen atoms in total. The van der Waals surface area contributed by atoms with Gasteiger partial charge in [-0.3, -0.25) is 14.9 Å². The highest BCUT2D eigenvalue weighted by Gasteiger charge is 2.11. The third kappa shape index (κ3) is 2.01. The third-order valence-electron chi connectivity index (χ3n) is 2.46. The van der Waals surface area contributed by atoms with Gasteiger partial charge in [-0.1, -0.05) is 13.8 Å². The van der Waals surface area contributed by atoms with Crippen LogP contribution in [0.15, 0.2) is 23.0 Å². The zero-order chi connectivity index (χ0) is 12.6. The molecule has 0 radical (unpaired) electrons. The fourth-order valence-corrected chi connectivity index (χ4v) is 1.53. The number of hydrogen-bond acceptors (Lipinski definition) is 4. The van der Waals surface area contributed by atoms with Crippen molar-refractivity contribution in [1.29, 1.82) is 0 Å². The van der Waals surface area contributed by atoms with E-state index in [0.717, 1.165) is 0 Å². The van der Waals surface area contributed by atoms with Crippen molar-refractivity contribution < 1.29 is 4.92 Å². The molecular weight excluding hydrogens is 222 g/mol. The summed E-state index contributed by atoms with van der Waals surface area (Å²) >= 11 is 0. The van der Waals surface area contributed by atoms with Crippen LogP contribution in [0.1, 0.15) is 25.6 Å². The van der Waals surface area contributed by atoms with Crippen LogP contribution in [-0.2, 0) is 0 Å². The van der Waals surface area contributed by atoms with Crippen LogP contribution in [0, 0.1) is 10.1 Å². The number of benzene rings is 1. The van der Waals surface area contributed by atoms with Crippen molar-refractivity contribution in [3.63, 3.8) is 0 Å². The van der Waals surface area contributed by atoms with Crippen LogP contribution in [0.5, 0.6) is 0 Å². The lowest BCUT2D eigenvalue weighted by atomic mass is 10.2. The first-order chi connectivity index (χ1) is 7.99. The molecule has 0 spiro atoms. The highest BCUT2D eigenvalue weighted by atomic mass is 16.6. The Kier molecular flexibility index (Phi) is 2.63. The van der Waals surface area contributed by atoms with E-state index in [4.69, 9.17) is 0 Å². The number of nitrogens with zero attached hydrogens (tertiary/aromatic N) is 2. The van der Waals surface area contributed by atoms with Crippen LogP contribution in [-0.4, -0.2) is 14.9 Å². The van der Waals surface area contributed by atoms with Crippen molar-refractivity contribution >= 4 is 16.6 Å². The number of fused-ring (bicyclic) bond motifs is 1. The van der Waals surface area contributed by atoms with Crippen molar-refractivity contribution in [3.05, 3.63) is 44.5 Å². The molecule has 0 aliphatic rings.